The second-order valence-electron chi connectivity index (χ2n) is 7.63. The Bertz CT molecular complexity index is 1300. The molecule has 0 unspecified atom stereocenters. The predicted molar refractivity (Wildman–Crippen MR) is 117 cm³/mol. The second kappa shape index (κ2) is 6.38. The van der Waals surface area contributed by atoms with Crippen LogP contribution in [0, 0.1) is 6.92 Å². The van der Waals surface area contributed by atoms with Crippen molar-refractivity contribution in [2.75, 3.05) is 0 Å². The summed E-state index contributed by atoms with van der Waals surface area (Å²) >= 11 is 0. The summed E-state index contributed by atoms with van der Waals surface area (Å²) in [6.07, 6.45) is 3.96. The maximum Gasteiger partial charge on any atom is 0.219 e. The highest BCUT2D eigenvalue weighted by Gasteiger charge is 2.18. The van der Waals surface area contributed by atoms with Crippen LogP contribution in [0.4, 0.5) is 0 Å². The number of imidazole rings is 1. The molecule has 0 amide bonds. The van der Waals surface area contributed by atoms with Crippen molar-refractivity contribution in [3.63, 3.8) is 0 Å². The molecule has 0 spiro atoms. The number of para-hydroxylation sites is 3. The third kappa shape index (κ3) is 2.40. The van der Waals surface area contributed by atoms with Crippen LogP contribution in [0.5, 0.6) is 0 Å². The molecule has 28 heavy (non-hydrogen) atoms. The molecule has 0 fully saturated rings. The molecule has 0 aliphatic rings. The van der Waals surface area contributed by atoms with Crippen molar-refractivity contribution in [3.8, 4) is 11.6 Å². The van der Waals surface area contributed by atoms with E-state index in [1.54, 1.807) is 0 Å². The molecule has 0 N–H and O–H groups in total. The monoisotopic (exact) mass is 365 g/mol. The van der Waals surface area contributed by atoms with Gasteiger partial charge in [-0.05, 0) is 36.1 Å². The fourth-order valence-electron chi connectivity index (χ4n) is 4.24. The Morgan fingerprint density at radius 1 is 0.821 bits per heavy atom. The molecule has 3 aromatic carbocycles. The van der Waals surface area contributed by atoms with E-state index in [1.165, 1.54) is 38.6 Å². The van der Waals surface area contributed by atoms with Gasteiger partial charge in [-0.2, -0.15) is 0 Å². The fraction of sp³-hybridized carbons (Fsp3) is 0.160. The van der Waals surface area contributed by atoms with E-state index >= 15 is 0 Å². The molecule has 0 saturated heterocycles. The molecule has 0 atom stereocenters. The first kappa shape index (κ1) is 16.8. The Balaban J connectivity index is 1.89. The van der Waals surface area contributed by atoms with Crippen LogP contribution in [0.2, 0.25) is 0 Å². The summed E-state index contributed by atoms with van der Waals surface area (Å²) in [5, 5.41) is 2.52. The van der Waals surface area contributed by atoms with Crippen LogP contribution in [0.3, 0.4) is 0 Å². The number of hydrogen-bond donors (Lipinski definition) is 0. The Labute approximate surface area is 164 Å². The Morgan fingerprint density at radius 3 is 2.43 bits per heavy atom. The first-order valence-electron chi connectivity index (χ1n) is 9.78. The Morgan fingerprint density at radius 2 is 1.57 bits per heavy atom. The van der Waals surface area contributed by atoms with E-state index in [-0.39, 0.29) is 0 Å². The van der Waals surface area contributed by atoms with E-state index in [0.29, 0.717) is 5.92 Å². The molecule has 5 rings (SSSR count). The van der Waals surface area contributed by atoms with Gasteiger partial charge in [0.2, 0.25) is 5.95 Å². The van der Waals surface area contributed by atoms with Gasteiger partial charge in [0, 0.05) is 23.2 Å². The highest BCUT2D eigenvalue weighted by molar-refractivity contribution is 6.10. The van der Waals surface area contributed by atoms with Gasteiger partial charge in [-0.1, -0.05) is 68.4 Å². The van der Waals surface area contributed by atoms with Crippen LogP contribution < -0.4 is 0 Å². The number of aryl methyl sites for hydroxylation is 1. The number of nitrogens with zero attached hydrogens (tertiary/aromatic N) is 3. The maximum absolute atomic E-state index is 4.80. The van der Waals surface area contributed by atoms with Crippen molar-refractivity contribution >= 4 is 21.8 Å². The maximum atomic E-state index is 4.80. The van der Waals surface area contributed by atoms with Gasteiger partial charge in [-0.3, -0.25) is 9.13 Å². The van der Waals surface area contributed by atoms with Crippen LogP contribution in [0.25, 0.3) is 33.4 Å². The lowest BCUT2D eigenvalue weighted by Gasteiger charge is -2.17. The molecule has 3 heteroatoms. The lowest BCUT2D eigenvalue weighted by molar-refractivity contribution is 0.836. The van der Waals surface area contributed by atoms with Crippen LogP contribution in [0.15, 0.2) is 79.1 Å². The summed E-state index contributed by atoms with van der Waals surface area (Å²) in [6, 6.07) is 23.7. The molecular formula is C25H23N3. The van der Waals surface area contributed by atoms with Crippen molar-refractivity contribution in [1.29, 1.82) is 0 Å². The van der Waals surface area contributed by atoms with Gasteiger partial charge in [0.1, 0.15) is 0 Å². The highest BCUT2D eigenvalue weighted by Crippen LogP contribution is 2.34. The normalized spacial score (nSPS) is 11.7. The van der Waals surface area contributed by atoms with Crippen molar-refractivity contribution in [3.05, 3.63) is 90.3 Å². The van der Waals surface area contributed by atoms with Crippen molar-refractivity contribution in [2.45, 2.75) is 26.7 Å². The quantitative estimate of drug-likeness (QED) is 0.363. The molecule has 0 aliphatic carbocycles. The zero-order valence-electron chi connectivity index (χ0n) is 16.4. The first-order valence-corrected chi connectivity index (χ1v) is 9.78. The van der Waals surface area contributed by atoms with Crippen molar-refractivity contribution in [1.82, 2.24) is 14.1 Å². The van der Waals surface area contributed by atoms with Gasteiger partial charge >= 0.3 is 0 Å². The van der Waals surface area contributed by atoms with Gasteiger partial charge in [-0.25, -0.2) is 4.98 Å². The van der Waals surface area contributed by atoms with E-state index in [1.807, 2.05) is 6.20 Å². The molecule has 3 nitrogen and oxygen atoms in total. The smallest absolute Gasteiger partial charge is 0.219 e. The highest BCUT2D eigenvalue weighted by atomic mass is 15.2. The number of aromatic nitrogens is 3. The molecule has 0 radical (unpaired) electrons. The van der Waals surface area contributed by atoms with Gasteiger partial charge in [0.25, 0.3) is 0 Å². The molecule has 2 aromatic heterocycles. The summed E-state index contributed by atoms with van der Waals surface area (Å²) < 4.78 is 4.52. The predicted octanol–water partition coefficient (Wildman–Crippen LogP) is 6.40. The van der Waals surface area contributed by atoms with Crippen LogP contribution in [-0.4, -0.2) is 14.1 Å². The Hall–Kier alpha value is -3.33. The minimum absolute atomic E-state index is 0.436. The van der Waals surface area contributed by atoms with E-state index < -0.39 is 0 Å². The Kier molecular flexibility index (Phi) is 3.83. The minimum atomic E-state index is 0.436. The number of fused-ring (bicyclic) bond motifs is 3. The van der Waals surface area contributed by atoms with Gasteiger partial charge in [0.15, 0.2) is 0 Å². The molecular weight excluding hydrogens is 342 g/mol. The van der Waals surface area contributed by atoms with Crippen molar-refractivity contribution < 1.29 is 0 Å². The van der Waals surface area contributed by atoms with Gasteiger partial charge in [0.05, 0.1) is 16.7 Å². The summed E-state index contributed by atoms with van der Waals surface area (Å²) in [5.41, 5.74) is 6.16. The average Bonchev–Trinajstić information content (AvgIpc) is 3.31. The van der Waals surface area contributed by atoms with E-state index in [4.69, 9.17) is 4.98 Å². The largest absolute Gasteiger partial charge is 0.285 e. The van der Waals surface area contributed by atoms with Crippen LogP contribution in [0.1, 0.15) is 30.9 Å². The first-order chi connectivity index (χ1) is 13.7. The third-order valence-corrected chi connectivity index (χ3v) is 5.54. The lowest BCUT2D eigenvalue weighted by Crippen LogP contribution is -2.08. The minimum Gasteiger partial charge on any atom is -0.285 e. The number of benzene rings is 3. The molecule has 5 aromatic rings. The number of hydrogen-bond acceptors (Lipinski definition) is 1. The topological polar surface area (TPSA) is 22.8 Å². The summed E-state index contributed by atoms with van der Waals surface area (Å²) in [4.78, 5) is 4.80. The third-order valence-electron chi connectivity index (χ3n) is 5.54. The van der Waals surface area contributed by atoms with E-state index in [2.05, 4.69) is 103 Å². The molecule has 0 aliphatic heterocycles. The van der Waals surface area contributed by atoms with Gasteiger partial charge in [-0.15, -0.1) is 0 Å². The standard InChI is InChI=1S/C25H23N3/c1-17(2)19-10-4-6-13-22(19)27-16-15-26-25(27)28-23-14-7-5-11-20(23)21-12-8-9-18(3)24(21)28/h4-17H,1-3H3. The van der Waals surface area contributed by atoms with E-state index in [9.17, 15) is 0 Å². The van der Waals surface area contributed by atoms with Crippen LogP contribution in [-0.2, 0) is 0 Å². The average molecular weight is 365 g/mol. The molecule has 2 heterocycles. The molecule has 0 saturated carbocycles. The van der Waals surface area contributed by atoms with Gasteiger partial charge < -0.3 is 0 Å². The summed E-state index contributed by atoms with van der Waals surface area (Å²) in [7, 11) is 0. The fourth-order valence-corrected chi connectivity index (χ4v) is 4.24. The SMILES string of the molecule is Cc1cccc2c3ccccc3n(-c3nccn3-c3ccccc3C(C)C)c12. The molecule has 0 bridgehead atoms. The summed E-state index contributed by atoms with van der Waals surface area (Å²) in [5.74, 6) is 1.36. The van der Waals surface area contributed by atoms with Crippen LogP contribution >= 0.6 is 0 Å². The lowest BCUT2D eigenvalue weighted by atomic mass is 10.0. The van der Waals surface area contributed by atoms with Crippen molar-refractivity contribution in [2.24, 2.45) is 0 Å². The summed E-state index contributed by atoms with van der Waals surface area (Å²) in [6.45, 7) is 6.65. The second-order valence-corrected chi connectivity index (χ2v) is 7.63. The van der Waals surface area contributed by atoms with E-state index in [0.717, 1.165) is 5.95 Å². The zero-order chi connectivity index (χ0) is 19.3. The number of rotatable bonds is 3. The zero-order valence-corrected chi connectivity index (χ0v) is 16.4. The molecule has 138 valence electrons.